The van der Waals surface area contributed by atoms with E-state index in [1.54, 1.807) is 12.3 Å². The molecule has 82 valence electrons. The van der Waals surface area contributed by atoms with E-state index in [1.165, 1.54) is 0 Å². The van der Waals surface area contributed by atoms with Crippen LogP contribution in [0.2, 0.25) is 0 Å². The van der Waals surface area contributed by atoms with Crippen LogP contribution in [0.15, 0.2) is 54.4 Å². The number of hydrogen-bond acceptors (Lipinski definition) is 3. The summed E-state index contributed by atoms with van der Waals surface area (Å²) in [5, 5.41) is 3.10. The predicted octanol–water partition coefficient (Wildman–Crippen LogP) is 2.73. The van der Waals surface area contributed by atoms with Gasteiger partial charge in [0.15, 0.2) is 0 Å². The Morgan fingerprint density at radius 3 is 2.65 bits per heavy atom. The molecule has 2 aromatic rings. The number of fused-ring (bicyclic) bond motifs is 1. The number of anilines is 1. The maximum absolute atomic E-state index is 12.0. The molecule has 0 bridgehead atoms. The number of hydrogen-bond donors (Lipinski definition) is 1. The van der Waals surface area contributed by atoms with E-state index in [9.17, 15) is 4.79 Å². The van der Waals surface area contributed by atoms with Crippen LogP contribution in [0, 0.1) is 0 Å². The van der Waals surface area contributed by atoms with Crippen LogP contribution in [-0.2, 0) is 0 Å². The Morgan fingerprint density at radius 1 is 1.06 bits per heavy atom. The van der Waals surface area contributed by atoms with Gasteiger partial charge in [-0.25, -0.2) is 0 Å². The van der Waals surface area contributed by atoms with Crippen molar-refractivity contribution in [1.29, 1.82) is 0 Å². The molecule has 3 nitrogen and oxygen atoms in total. The van der Waals surface area contributed by atoms with Crippen molar-refractivity contribution in [3.63, 3.8) is 0 Å². The minimum Gasteiger partial charge on any atom is -0.352 e. The fraction of sp³-hybridized carbons (Fsp3) is 0. The third-order valence-corrected chi connectivity index (χ3v) is 2.67. The Balaban J connectivity index is 2.00. The summed E-state index contributed by atoms with van der Waals surface area (Å²) >= 11 is 0. The van der Waals surface area contributed by atoms with Crippen LogP contribution in [0.25, 0.3) is 6.08 Å². The van der Waals surface area contributed by atoms with Gasteiger partial charge >= 0.3 is 0 Å². The Kier molecular flexibility index (Phi) is 2.22. The molecule has 0 saturated carbocycles. The molecule has 0 radical (unpaired) electrons. The molecule has 3 rings (SSSR count). The summed E-state index contributed by atoms with van der Waals surface area (Å²) in [6.45, 7) is 0. The van der Waals surface area contributed by atoms with Crippen molar-refractivity contribution in [2.45, 2.75) is 0 Å². The molecule has 0 fully saturated rings. The lowest BCUT2D eigenvalue weighted by atomic mass is 10.1. The van der Waals surface area contributed by atoms with Crippen LogP contribution in [0.1, 0.15) is 16.1 Å². The zero-order chi connectivity index (χ0) is 11.7. The van der Waals surface area contributed by atoms with Gasteiger partial charge in [0.05, 0.1) is 11.4 Å². The van der Waals surface area contributed by atoms with Crippen molar-refractivity contribution in [2.24, 2.45) is 0 Å². The molecule has 0 unspecified atom stereocenters. The minimum atomic E-state index is 0.0197. The molecule has 1 aromatic carbocycles. The first-order chi connectivity index (χ1) is 8.34. The lowest BCUT2D eigenvalue weighted by molar-refractivity contribution is 0.104. The molecule has 0 saturated heterocycles. The van der Waals surface area contributed by atoms with Gasteiger partial charge in [0.2, 0.25) is 5.78 Å². The first-order valence-electron chi connectivity index (χ1n) is 5.38. The fourth-order valence-electron chi connectivity index (χ4n) is 1.85. The highest BCUT2D eigenvalue weighted by atomic mass is 16.1. The van der Waals surface area contributed by atoms with E-state index in [0.29, 0.717) is 5.70 Å². The van der Waals surface area contributed by atoms with Gasteiger partial charge in [-0.05, 0) is 30.3 Å². The van der Waals surface area contributed by atoms with E-state index in [1.807, 2.05) is 42.5 Å². The first-order valence-corrected chi connectivity index (χ1v) is 5.38. The number of allylic oxidation sites excluding steroid dienone is 1. The first kappa shape index (κ1) is 9.78. The van der Waals surface area contributed by atoms with E-state index in [-0.39, 0.29) is 5.78 Å². The summed E-state index contributed by atoms with van der Waals surface area (Å²) in [4.78, 5) is 16.2. The summed E-state index contributed by atoms with van der Waals surface area (Å²) in [5.74, 6) is 0.0197. The molecule has 17 heavy (non-hydrogen) atoms. The van der Waals surface area contributed by atoms with E-state index in [0.717, 1.165) is 16.9 Å². The molecule has 1 aromatic heterocycles. The Bertz CT molecular complexity index is 603. The predicted molar refractivity (Wildman–Crippen MR) is 66.6 cm³/mol. The normalized spacial score (nSPS) is 15.8. The van der Waals surface area contributed by atoms with Crippen molar-refractivity contribution in [2.75, 3.05) is 5.32 Å². The van der Waals surface area contributed by atoms with Gasteiger partial charge in [0.25, 0.3) is 0 Å². The number of nitrogens with one attached hydrogen (secondary N) is 1. The second-order valence-corrected chi connectivity index (χ2v) is 3.81. The van der Waals surface area contributed by atoms with Gasteiger partial charge in [-0.2, -0.15) is 0 Å². The lowest BCUT2D eigenvalue weighted by Gasteiger charge is -1.97. The minimum absolute atomic E-state index is 0.0197. The molecule has 3 heteroatoms. The number of ketones is 1. The number of para-hydroxylation sites is 1. The van der Waals surface area contributed by atoms with E-state index >= 15 is 0 Å². The van der Waals surface area contributed by atoms with Crippen LogP contribution in [0.4, 0.5) is 5.69 Å². The highest BCUT2D eigenvalue weighted by molar-refractivity contribution is 6.20. The molecular formula is C14H10N2O. The van der Waals surface area contributed by atoms with Gasteiger partial charge in [0.1, 0.15) is 0 Å². The number of carbonyl (C=O) groups excluding carboxylic acids is 1. The molecule has 0 amide bonds. The highest BCUT2D eigenvalue weighted by Gasteiger charge is 2.23. The summed E-state index contributed by atoms with van der Waals surface area (Å²) in [6.07, 6.45) is 3.47. The second-order valence-electron chi connectivity index (χ2n) is 3.81. The molecular weight excluding hydrogens is 212 g/mol. The maximum atomic E-state index is 12.0. The number of aromatic nitrogens is 1. The summed E-state index contributed by atoms with van der Waals surface area (Å²) in [6, 6.07) is 13.1. The standard InChI is InChI=1S/C14H10N2O/c17-14-11-6-1-2-7-12(11)16-13(14)9-10-5-3-4-8-15-10/h1-9,16H/b13-9-. The van der Waals surface area contributed by atoms with Crippen LogP contribution in [0.5, 0.6) is 0 Å². The van der Waals surface area contributed by atoms with Crippen LogP contribution >= 0.6 is 0 Å². The fourth-order valence-corrected chi connectivity index (χ4v) is 1.85. The Morgan fingerprint density at radius 2 is 1.88 bits per heavy atom. The third kappa shape index (κ3) is 1.72. The lowest BCUT2D eigenvalue weighted by Crippen LogP contribution is -2.00. The average molecular weight is 222 g/mol. The molecule has 1 N–H and O–H groups in total. The van der Waals surface area contributed by atoms with Crippen molar-refractivity contribution >= 4 is 17.5 Å². The molecule has 1 aliphatic heterocycles. The van der Waals surface area contributed by atoms with Crippen molar-refractivity contribution in [3.8, 4) is 0 Å². The van der Waals surface area contributed by atoms with Crippen molar-refractivity contribution in [1.82, 2.24) is 4.98 Å². The second kappa shape index (κ2) is 3.87. The van der Waals surface area contributed by atoms with Gasteiger partial charge < -0.3 is 5.32 Å². The molecule has 2 heterocycles. The van der Waals surface area contributed by atoms with E-state index in [2.05, 4.69) is 10.3 Å². The topological polar surface area (TPSA) is 42.0 Å². The number of rotatable bonds is 1. The Labute approximate surface area is 98.8 Å². The smallest absolute Gasteiger partial charge is 0.211 e. The SMILES string of the molecule is O=C1/C(=C/c2ccccn2)Nc2ccccc21. The van der Waals surface area contributed by atoms with Crippen molar-refractivity contribution < 1.29 is 4.79 Å². The number of nitrogens with zero attached hydrogens (tertiary/aromatic N) is 1. The molecule has 1 aliphatic rings. The van der Waals surface area contributed by atoms with Crippen LogP contribution in [0.3, 0.4) is 0 Å². The number of benzene rings is 1. The highest BCUT2D eigenvalue weighted by Crippen LogP contribution is 2.28. The van der Waals surface area contributed by atoms with E-state index in [4.69, 9.17) is 0 Å². The van der Waals surface area contributed by atoms with Crippen molar-refractivity contribution in [3.05, 3.63) is 65.6 Å². The molecule has 0 spiro atoms. The molecule has 0 aliphatic carbocycles. The average Bonchev–Trinajstić information content (AvgIpc) is 2.68. The zero-order valence-electron chi connectivity index (χ0n) is 9.05. The number of pyridine rings is 1. The van der Waals surface area contributed by atoms with Gasteiger partial charge in [-0.1, -0.05) is 18.2 Å². The monoisotopic (exact) mass is 222 g/mol. The summed E-state index contributed by atoms with van der Waals surface area (Å²) in [7, 11) is 0. The number of carbonyl (C=O) groups is 1. The van der Waals surface area contributed by atoms with E-state index < -0.39 is 0 Å². The maximum Gasteiger partial charge on any atom is 0.211 e. The molecule has 0 atom stereocenters. The largest absolute Gasteiger partial charge is 0.352 e. The summed E-state index contributed by atoms with van der Waals surface area (Å²) in [5.41, 5.74) is 2.93. The quantitative estimate of drug-likeness (QED) is 0.754. The number of Topliss-reactive ketones (excluding diaryl/α,β-unsaturated/α-hetero) is 1. The third-order valence-electron chi connectivity index (χ3n) is 2.67. The summed E-state index contributed by atoms with van der Waals surface area (Å²) < 4.78 is 0. The van der Waals surface area contributed by atoms with Crippen LogP contribution < -0.4 is 5.32 Å². The van der Waals surface area contributed by atoms with Gasteiger partial charge in [-0.15, -0.1) is 0 Å². The Hall–Kier alpha value is -2.42. The van der Waals surface area contributed by atoms with Crippen LogP contribution in [-0.4, -0.2) is 10.8 Å². The zero-order valence-corrected chi connectivity index (χ0v) is 9.05. The van der Waals surface area contributed by atoms with Gasteiger partial charge in [-0.3, -0.25) is 9.78 Å². The van der Waals surface area contributed by atoms with Gasteiger partial charge in [0, 0.05) is 17.4 Å².